The lowest BCUT2D eigenvalue weighted by molar-refractivity contribution is -0.140. The monoisotopic (exact) mass is 383 g/mol. The normalized spacial score (nSPS) is 21.4. The Morgan fingerprint density at radius 1 is 1.41 bits per heavy atom. The Balaban J connectivity index is 1.58. The highest BCUT2D eigenvalue weighted by Crippen LogP contribution is 2.40. The second-order valence-corrected chi connectivity index (χ2v) is 7.26. The molecule has 2 heterocycles. The average molecular weight is 383 g/mol. The first-order valence-corrected chi connectivity index (χ1v) is 8.35. The summed E-state index contributed by atoms with van der Waals surface area (Å²) in [7, 11) is 0. The van der Waals surface area contributed by atoms with Crippen LogP contribution in [-0.4, -0.2) is 37.8 Å². The van der Waals surface area contributed by atoms with Gasteiger partial charge in [0.05, 0.1) is 12.1 Å². The van der Waals surface area contributed by atoms with Crippen molar-refractivity contribution >= 4 is 6.03 Å². The summed E-state index contributed by atoms with van der Waals surface area (Å²) in [4.78, 5) is 19.3. The molecule has 2 unspecified atom stereocenters. The Morgan fingerprint density at radius 3 is 2.74 bits per heavy atom. The largest absolute Gasteiger partial charge is 0.434 e. The van der Waals surface area contributed by atoms with Gasteiger partial charge in [-0.2, -0.15) is 13.2 Å². The first-order chi connectivity index (χ1) is 12.6. The molecule has 0 bridgehead atoms. The molecule has 2 atom stereocenters. The fourth-order valence-corrected chi connectivity index (χ4v) is 3.02. The fraction of sp³-hybridized carbons (Fsp3) is 0.471. The Labute approximate surface area is 153 Å². The van der Waals surface area contributed by atoms with Gasteiger partial charge in [-0.15, -0.1) is 0 Å². The standard InChI is InChI=1S/C17H20F3N5O2/c1-16(2)6-11(14(16)26)24-15(27)22-7-10-3-4-21-13(5-10)25-8-12(23-9-25)17(18,19)20/h3-5,8-9,11,14,26H,6-7H2,1-2H3,(H2,22,24,27). The van der Waals surface area contributed by atoms with Crippen molar-refractivity contribution in [1.82, 2.24) is 25.2 Å². The van der Waals surface area contributed by atoms with Gasteiger partial charge in [-0.25, -0.2) is 14.8 Å². The number of carbonyl (C=O) groups is 1. The lowest BCUT2D eigenvalue weighted by Gasteiger charge is -2.48. The number of hydrogen-bond acceptors (Lipinski definition) is 4. The minimum Gasteiger partial charge on any atom is -0.390 e. The number of pyridine rings is 1. The minimum atomic E-state index is -4.52. The van der Waals surface area contributed by atoms with E-state index in [2.05, 4.69) is 20.6 Å². The van der Waals surface area contributed by atoms with Crippen molar-refractivity contribution in [3.05, 3.63) is 42.1 Å². The smallest absolute Gasteiger partial charge is 0.390 e. The van der Waals surface area contributed by atoms with Crippen LogP contribution in [0, 0.1) is 5.41 Å². The summed E-state index contributed by atoms with van der Waals surface area (Å²) in [6, 6.07) is 2.49. The second kappa shape index (κ2) is 6.84. The number of rotatable bonds is 4. The Kier molecular flexibility index (Phi) is 4.85. The molecule has 0 aromatic carbocycles. The molecule has 1 aliphatic rings. The third kappa shape index (κ3) is 4.21. The molecule has 0 aliphatic heterocycles. The van der Waals surface area contributed by atoms with E-state index in [-0.39, 0.29) is 23.8 Å². The zero-order valence-corrected chi connectivity index (χ0v) is 14.8. The topological polar surface area (TPSA) is 92.1 Å². The van der Waals surface area contributed by atoms with E-state index in [0.29, 0.717) is 12.0 Å². The van der Waals surface area contributed by atoms with Gasteiger partial charge >= 0.3 is 12.2 Å². The summed E-state index contributed by atoms with van der Waals surface area (Å²) in [6.07, 6.45) is -1.11. The van der Waals surface area contributed by atoms with Crippen LogP contribution in [0.3, 0.4) is 0 Å². The van der Waals surface area contributed by atoms with Gasteiger partial charge in [-0.3, -0.25) is 4.57 Å². The number of hydrogen-bond donors (Lipinski definition) is 3. The maximum atomic E-state index is 12.7. The van der Waals surface area contributed by atoms with Crippen molar-refractivity contribution in [2.24, 2.45) is 5.41 Å². The number of halogens is 3. The van der Waals surface area contributed by atoms with E-state index in [1.54, 1.807) is 12.1 Å². The molecule has 7 nitrogen and oxygen atoms in total. The number of amides is 2. The number of alkyl halides is 3. The number of carbonyl (C=O) groups excluding carboxylic acids is 1. The fourth-order valence-electron chi connectivity index (χ4n) is 3.02. The molecule has 1 aliphatic carbocycles. The summed E-state index contributed by atoms with van der Waals surface area (Å²) < 4.78 is 39.1. The molecule has 3 N–H and O–H groups in total. The molecule has 0 spiro atoms. The zero-order valence-electron chi connectivity index (χ0n) is 14.8. The van der Waals surface area contributed by atoms with Crippen LogP contribution in [0.4, 0.5) is 18.0 Å². The van der Waals surface area contributed by atoms with Gasteiger partial charge in [0.25, 0.3) is 0 Å². The Hall–Kier alpha value is -2.62. The molecule has 0 radical (unpaired) electrons. The quantitative estimate of drug-likeness (QED) is 0.755. The molecule has 2 aromatic rings. The second-order valence-electron chi connectivity index (χ2n) is 7.26. The highest BCUT2D eigenvalue weighted by molar-refractivity contribution is 5.74. The molecule has 3 rings (SSSR count). The van der Waals surface area contributed by atoms with E-state index < -0.39 is 24.0 Å². The zero-order chi connectivity index (χ0) is 19.8. The Bertz CT molecular complexity index is 834. The third-order valence-electron chi connectivity index (χ3n) is 4.64. The van der Waals surface area contributed by atoms with Crippen LogP contribution in [0.1, 0.15) is 31.5 Å². The first kappa shape index (κ1) is 19.2. The van der Waals surface area contributed by atoms with Gasteiger partial charge in [0, 0.05) is 18.9 Å². The van der Waals surface area contributed by atoms with Crippen LogP contribution in [0.25, 0.3) is 5.82 Å². The van der Waals surface area contributed by atoms with Crippen LogP contribution >= 0.6 is 0 Å². The molecular formula is C17H20F3N5O2. The summed E-state index contributed by atoms with van der Waals surface area (Å²) in [5.41, 5.74) is -0.557. The predicted octanol–water partition coefficient (Wildman–Crippen LogP) is 2.24. The number of aromatic nitrogens is 3. The van der Waals surface area contributed by atoms with Crippen molar-refractivity contribution in [1.29, 1.82) is 0 Å². The molecule has 2 amide bonds. The van der Waals surface area contributed by atoms with E-state index in [1.165, 1.54) is 10.8 Å². The van der Waals surface area contributed by atoms with E-state index >= 15 is 0 Å². The van der Waals surface area contributed by atoms with Gasteiger partial charge in [0.1, 0.15) is 12.1 Å². The first-order valence-electron chi connectivity index (χ1n) is 8.35. The van der Waals surface area contributed by atoms with Gasteiger partial charge in [-0.05, 0) is 29.5 Å². The molecule has 0 saturated heterocycles. The molecule has 10 heteroatoms. The maximum absolute atomic E-state index is 12.7. The van der Waals surface area contributed by atoms with Crippen LogP contribution in [0.2, 0.25) is 0 Å². The molecule has 1 fully saturated rings. The van der Waals surface area contributed by atoms with Crippen molar-refractivity contribution in [2.45, 2.75) is 45.1 Å². The van der Waals surface area contributed by atoms with Crippen molar-refractivity contribution in [2.75, 3.05) is 0 Å². The van der Waals surface area contributed by atoms with E-state index in [0.717, 1.165) is 12.5 Å². The van der Waals surface area contributed by atoms with E-state index in [1.807, 2.05) is 13.8 Å². The summed E-state index contributed by atoms with van der Waals surface area (Å²) in [5.74, 6) is 0.258. The van der Waals surface area contributed by atoms with Gasteiger partial charge in [0.15, 0.2) is 5.69 Å². The molecule has 2 aromatic heterocycles. The van der Waals surface area contributed by atoms with E-state index in [9.17, 15) is 23.1 Å². The number of urea groups is 1. The van der Waals surface area contributed by atoms with Gasteiger partial charge < -0.3 is 15.7 Å². The third-order valence-corrected chi connectivity index (χ3v) is 4.64. The highest BCUT2D eigenvalue weighted by Gasteiger charge is 2.46. The van der Waals surface area contributed by atoms with Crippen LogP contribution < -0.4 is 10.6 Å². The number of nitrogens with one attached hydrogen (secondary N) is 2. The lowest BCUT2D eigenvalue weighted by atomic mass is 9.65. The van der Waals surface area contributed by atoms with Crippen LogP contribution in [0.5, 0.6) is 0 Å². The van der Waals surface area contributed by atoms with Crippen LogP contribution in [0.15, 0.2) is 30.9 Å². The molecular weight excluding hydrogens is 363 g/mol. The maximum Gasteiger partial charge on any atom is 0.434 e. The number of imidazole rings is 1. The Morgan fingerprint density at radius 2 is 2.15 bits per heavy atom. The van der Waals surface area contributed by atoms with Crippen LogP contribution in [-0.2, 0) is 12.7 Å². The van der Waals surface area contributed by atoms with Crippen molar-refractivity contribution in [3.8, 4) is 5.82 Å². The van der Waals surface area contributed by atoms with Crippen molar-refractivity contribution in [3.63, 3.8) is 0 Å². The lowest BCUT2D eigenvalue weighted by Crippen LogP contribution is -2.62. The summed E-state index contributed by atoms with van der Waals surface area (Å²) >= 11 is 0. The molecule has 1 saturated carbocycles. The van der Waals surface area contributed by atoms with Gasteiger partial charge in [-0.1, -0.05) is 13.8 Å². The number of nitrogens with zero attached hydrogens (tertiary/aromatic N) is 3. The SMILES string of the molecule is CC1(C)CC(NC(=O)NCc2ccnc(-n3cnc(C(F)(F)F)c3)c2)C1O. The number of aliphatic hydroxyl groups excluding tert-OH is 1. The summed E-state index contributed by atoms with van der Waals surface area (Å²) in [6.45, 7) is 4.01. The number of aliphatic hydroxyl groups is 1. The molecule has 146 valence electrons. The average Bonchev–Trinajstić information content (AvgIpc) is 3.10. The minimum absolute atomic E-state index is 0.161. The predicted molar refractivity (Wildman–Crippen MR) is 89.9 cm³/mol. The summed E-state index contributed by atoms with van der Waals surface area (Å²) in [5, 5.41) is 15.3. The molecule has 27 heavy (non-hydrogen) atoms. The highest BCUT2D eigenvalue weighted by atomic mass is 19.4. The van der Waals surface area contributed by atoms with Gasteiger partial charge in [0.2, 0.25) is 0 Å². The van der Waals surface area contributed by atoms with Crippen molar-refractivity contribution < 1.29 is 23.1 Å². The van der Waals surface area contributed by atoms with E-state index in [4.69, 9.17) is 0 Å².